The number of hydrogen-bond acceptors (Lipinski definition) is 6. The molecule has 0 aromatic heterocycles. The van der Waals surface area contributed by atoms with Gasteiger partial charge in [-0.25, -0.2) is 0 Å². The van der Waals surface area contributed by atoms with Gasteiger partial charge in [0, 0.05) is 12.5 Å². The Bertz CT molecular complexity index is 524. The quantitative estimate of drug-likeness (QED) is 0.693. The maximum absolute atomic E-state index is 11.2. The monoisotopic (exact) mass is 309 g/mol. The Balaban J connectivity index is 1.75. The van der Waals surface area contributed by atoms with E-state index in [9.17, 15) is 15.0 Å². The fraction of sp³-hybridized carbons (Fsp3) is 0.533. The predicted molar refractivity (Wildman–Crippen MR) is 74.5 cm³/mol. The summed E-state index contributed by atoms with van der Waals surface area (Å²) in [5, 5.41) is 22.8. The standard InChI is InChI=1S/C15H19NO6/c1-8(17)16-11-12(18)13-10(21-14(11)19)7-20-15(22-13)9-5-3-2-4-6-9/h2-6,10-15,18-19H,7H2,1H3,(H,16,17)/t10?,11?,12?,13-,14+,15?/m0/s1. The molecule has 1 amide bonds. The molecule has 0 radical (unpaired) electrons. The molecule has 3 rings (SSSR count). The number of nitrogens with one attached hydrogen (secondary N) is 1. The Morgan fingerprint density at radius 2 is 1.95 bits per heavy atom. The van der Waals surface area contributed by atoms with E-state index in [0.717, 1.165) is 5.56 Å². The normalized spacial score (nSPS) is 38.1. The van der Waals surface area contributed by atoms with E-state index in [4.69, 9.17) is 14.2 Å². The second kappa shape index (κ2) is 6.31. The lowest BCUT2D eigenvalue weighted by Gasteiger charge is -2.46. The summed E-state index contributed by atoms with van der Waals surface area (Å²) in [6.07, 6.45) is -4.29. The summed E-state index contributed by atoms with van der Waals surface area (Å²) in [6.45, 7) is 1.49. The highest BCUT2D eigenvalue weighted by atomic mass is 16.7. The van der Waals surface area contributed by atoms with Crippen LogP contribution >= 0.6 is 0 Å². The molecule has 1 aromatic rings. The van der Waals surface area contributed by atoms with E-state index in [1.807, 2.05) is 30.3 Å². The van der Waals surface area contributed by atoms with Crippen LogP contribution in [0.2, 0.25) is 0 Å². The third kappa shape index (κ3) is 2.99. The van der Waals surface area contributed by atoms with Crippen molar-refractivity contribution in [3.8, 4) is 0 Å². The number of aliphatic hydroxyl groups excluding tert-OH is 2. The van der Waals surface area contributed by atoms with Crippen LogP contribution in [0.25, 0.3) is 0 Å². The van der Waals surface area contributed by atoms with E-state index in [1.54, 1.807) is 0 Å². The number of carbonyl (C=O) groups is 1. The molecule has 2 aliphatic rings. The van der Waals surface area contributed by atoms with Crippen LogP contribution in [-0.2, 0) is 19.0 Å². The number of amides is 1. The van der Waals surface area contributed by atoms with Gasteiger partial charge in [0.2, 0.25) is 5.91 Å². The third-order valence-corrected chi connectivity index (χ3v) is 3.83. The molecule has 22 heavy (non-hydrogen) atoms. The molecule has 2 heterocycles. The summed E-state index contributed by atoms with van der Waals surface area (Å²) >= 11 is 0. The Morgan fingerprint density at radius 3 is 2.64 bits per heavy atom. The molecule has 0 aliphatic carbocycles. The lowest BCUT2D eigenvalue weighted by atomic mass is 9.96. The number of aliphatic hydroxyl groups is 2. The molecule has 6 atom stereocenters. The summed E-state index contributed by atoms with van der Waals surface area (Å²) in [7, 11) is 0. The van der Waals surface area contributed by atoms with E-state index in [-0.39, 0.29) is 12.5 Å². The van der Waals surface area contributed by atoms with Gasteiger partial charge in [0.25, 0.3) is 0 Å². The van der Waals surface area contributed by atoms with Gasteiger partial charge in [0.1, 0.15) is 24.4 Å². The fourth-order valence-electron chi connectivity index (χ4n) is 2.78. The van der Waals surface area contributed by atoms with Crippen molar-refractivity contribution in [3.63, 3.8) is 0 Å². The van der Waals surface area contributed by atoms with E-state index in [0.29, 0.717) is 0 Å². The maximum Gasteiger partial charge on any atom is 0.217 e. The fourth-order valence-corrected chi connectivity index (χ4v) is 2.78. The molecule has 0 bridgehead atoms. The first-order valence-corrected chi connectivity index (χ1v) is 7.17. The number of fused-ring (bicyclic) bond motifs is 1. The van der Waals surface area contributed by atoms with Crippen LogP contribution in [0.3, 0.4) is 0 Å². The number of ether oxygens (including phenoxy) is 3. The largest absolute Gasteiger partial charge is 0.388 e. The molecule has 2 aliphatic heterocycles. The van der Waals surface area contributed by atoms with Crippen LogP contribution < -0.4 is 5.32 Å². The van der Waals surface area contributed by atoms with Gasteiger partial charge in [0.15, 0.2) is 12.6 Å². The van der Waals surface area contributed by atoms with Crippen molar-refractivity contribution < 1.29 is 29.2 Å². The van der Waals surface area contributed by atoms with Gasteiger partial charge in [-0.1, -0.05) is 30.3 Å². The van der Waals surface area contributed by atoms with Crippen LogP contribution in [0, 0.1) is 0 Å². The van der Waals surface area contributed by atoms with Crippen molar-refractivity contribution in [2.24, 2.45) is 0 Å². The highest BCUT2D eigenvalue weighted by molar-refractivity contribution is 5.73. The lowest BCUT2D eigenvalue weighted by molar-refractivity contribution is -0.337. The molecule has 2 saturated heterocycles. The molecule has 7 heteroatoms. The van der Waals surface area contributed by atoms with Gasteiger partial charge in [-0.05, 0) is 0 Å². The zero-order valence-electron chi connectivity index (χ0n) is 12.1. The van der Waals surface area contributed by atoms with Crippen molar-refractivity contribution in [2.45, 2.75) is 43.9 Å². The van der Waals surface area contributed by atoms with Crippen molar-refractivity contribution in [2.75, 3.05) is 6.61 Å². The van der Waals surface area contributed by atoms with Gasteiger partial charge in [0.05, 0.1) is 6.61 Å². The van der Waals surface area contributed by atoms with Gasteiger partial charge >= 0.3 is 0 Å². The molecule has 0 saturated carbocycles. The van der Waals surface area contributed by atoms with Crippen LogP contribution in [0.15, 0.2) is 30.3 Å². The third-order valence-electron chi connectivity index (χ3n) is 3.83. The number of benzene rings is 1. The lowest BCUT2D eigenvalue weighted by Crippen LogP contribution is -2.66. The van der Waals surface area contributed by atoms with Crippen LogP contribution in [0.5, 0.6) is 0 Å². The van der Waals surface area contributed by atoms with E-state index >= 15 is 0 Å². The van der Waals surface area contributed by atoms with E-state index in [2.05, 4.69) is 5.32 Å². The number of carbonyl (C=O) groups excluding carboxylic acids is 1. The van der Waals surface area contributed by atoms with E-state index < -0.39 is 36.9 Å². The van der Waals surface area contributed by atoms with Crippen molar-refractivity contribution in [3.05, 3.63) is 35.9 Å². The minimum atomic E-state index is -1.30. The van der Waals surface area contributed by atoms with Gasteiger partial charge in [-0.2, -0.15) is 0 Å². The smallest absolute Gasteiger partial charge is 0.217 e. The number of hydrogen-bond donors (Lipinski definition) is 3. The first-order valence-electron chi connectivity index (χ1n) is 7.17. The molecule has 1 aromatic carbocycles. The molecule has 120 valence electrons. The summed E-state index contributed by atoms with van der Waals surface area (Å²) in [5.41, 5.74) is 0.829. The van der Waals surface area contributed by atoms with Crippen molar-refractivity contribution in [1.82, 2.24) is 5.32 Å². The average Bonchev–Trinajstić information content (AvgIpc) is 2.52. The Morgan fingerprint density at radius 1 is 1.23 bits per heavy atom. The van der Waals surface area contributed by atoms with Crippen molar-refractivity contribution in [1.29, 1.82) is 0 Å². The van der Waals surface area contributed by atoms with Crippen LogP contribution in [0.1, 0.15) is 18.8 Å². The van der Waals surface area contributed by atoms with Crippen molar-refractivity contribution >= 4 is 5.91 Å². The molecular weight excluding hydrogens is 290 g/mol. The molecule has 3 N–H and O–H groups in total. The minimum absolute atomic E-state index is 0.186. The van der Waals surface area contributed by atoms with Gasteiger partial charge < -0.3 is 29.7 Å². The molecule has 4 unspecified atom stereocenters. The Labute approximate surface area is 127 Å². The zero-order chi connectivity index (χ0) is 15.7. The predicted octanol–water partition coefficient (Wildman–Crippen LogP) is -0.317. The second-order valence-electron chi connectivity index (χ2n) is 5.46. The maximum atomic E-state index is 11.2. The van der Waals surface area contributed by atoms with Crippen LogP contribution in [-0.4, -0.2) is 53.4 Å². The first kappa shape index (κ1) is 15.4. The zero-order valence-corrected chi connectivity index (χ0v) is 12.1. The van der Waals surface area contributed by atoms with Gasteiger partial charge in [-0.15, -0.1) is 0 Å². The average molecular weight is 309 g/mol. The first-order chi connectivity index (χ1) is 10.6. The Kier molecular flexibility index (Phi) is 4.42. The molecule has 7 nitrogen and oxygen atoms in total. The molecular formula is C15H19NO6. The highest BCUT2D eigenvalue weighted by Gasteiger charge is 2.49. The molecule has 2 fully saturated rings. The minimum Gasteiger partial charge on any atom is -0.388 e. The summed E-state index contributed by atoms with van der Waals surface area (Å²) in [5.74, 6) is -0.364. The number of rotatable bonds is 2. The van der Waals surface area contributed by atoms with Gasteiger partial charge in [-0.3, -0.25) is 4.79 Å². The summed E-state index contributed by atoms with van der Waals surface area (Å²) in [4.78, 5) is 11.2. The topological polar surface area (TPSA) is 97.3 Å². The summed E-state index contributed by atoms with van der Waals surface area (Å²) in [6, 6.07) is 8.41. The molecule has 0 spiro atoms. The van der Waals surface area contributed by atoms with Crippen LogP contribution in [0.4, 0.5) is 0 Å². The Hall–Kier alpha value is -1.51. The highest BCUT2D eigenvalue weighted by Crippen LogP contribution is 2.33. The SMILES string of the molecule is CC(=O)NC1C(O)[C@H]2OC(c3ccccc3)OCC2O[C@H]1O. The summed E-state index contributed by atoms with van der Waals surface area (Å²) < 4.78 is 16.8. The second-order valence-corrected chi connectivity index (χ2v) is 5.46. The van der Waals surface area contributed by atoms with E-state index in [1.165, 1.54) is 6.92 Å².